The summed E-state index contributed by atoms with van der Waals surface area (Å²) in [6.45, 7) is 2.41. The number of nitrogens with zero attached hydrogens (tertiary/aromatic N) is 2. The second-order valence-electron chi connectivity index (χ2n) is 24.1. The van der Waals surface area contributed by atoms with E-state index in [4.69, 9.17) is 8.83 Å². The van der Waals surface area contributed by atoms with Gasteiger partial charge in [0.05, 0.1) is 22.4 Å². The van der Waals surface area contributed by atoms with Crippen LogP contribution >= 0.6 is 0 Å². The highest BCUT2D eigenvalue weighted by atomic mass is 16.3. The smallest absolute Gasteiger partial charge is 0.147 e. The summed E-state index contributed by atoms with van der Waals surface area (Å²) >= 11 is 0. The standard InChI is InChI=1S/C83H52N2O2/c1-83-43-42-53-17-5-9-21-63(53)73(83)25-13-29-80(83)85(76-28-12-24-66-62-20-8-4-16-52(62)34-39-69(66)76)59-36-31-54-46-71-70-40-41-77-81(82(70)87-78(71)48-57(54)45-59)72-47-55-30-35-58(44-56(55)49-79(72)86-77)84(74-26-10-22-64-60-18-6-2-14-50(60)32-37-67(64)74)75-27-11-23-65-61-19-7-3-15-51(61)33-38-68(65)75/h2-49,73H,1H3. The first-order valence-corrected chi connectivity index (χ1v) is 30.2. The highest BCUT2D eigenvalue weighted by Gasteiger charge is 2.43. The van der Waals surface area contributed by atoms with Crippen LogP contribution < -0.4 is 9.80 Å². The molecule has 0 spiro atoms. The molecule has 2 unspecified atom stereocenters. The van der Waals surface area contributed by atoms with Crippen LogP contribution in [-0.2, 0) is 0 Å². The molecule has 15 aromatic carbocycles. The summed E-state index contributed by atoms with van der Waals surface area (Å²) in [5, 5.41) is 23.3. The molecule has 0 aliphatic heterocycles. The highest BCUT2D eigenvalue weighted by Crippen LogP contribution is 2.55. The maximum atomic E-state index is 7.13. The number of fused-ring (bicyclic) bond motifs is 21. The number of hydrogen-bond donors (Lipinski definition) is 0. The van der Waals surface area contributed by atoms with Gasteiger partial charge >= 0.3 is 0 Å². The van der Waals surface area contributed by atoms with Crippen molar-refractivity contribution in [2.24, 2.45) is 5.41 Å². The minimum Gasteiger partial charge on any atom is -0.456 e. The lowest BCUT2D eigenvalue weighted by atomic mass is 9.64. The van der Waals surface area contributed by atoms with Crippen LogP contribution in [0.3, 0.4) is 0 Å². The average molecular weight is 1110 g/mol. The van der Waals surface area contributed by atoms with Crippen molar-refractivity contribution in [2.45, 2.75) is 12.8 Å². The Kier molecular flexibility index (Phi) is 10.1. The van der Waals surface area contributed by atoms with Crippen LogP contribution in [0.15, 0.2) is 300 Å². The van der Waals surface area contributed by atoms with Gasteiger partial charge in [-0.15, -0.1) is 0 Å². The Bertz CT molecular complexity index is 5840. The van der Waals surface area contributed by atoms with Crippen LogP contribution in [0.25, 0.3) is 136 Å². The third kappa shape index (κ3) is 7.07. The molecule has 2 aromatic heterocycles. The third-order valence-electron chi connectivity index (χ3n) is 19.4. The zero-order valence-corrected chi connectivity index (χ0v) is 47.5. The van der Waals surface area contributed by atoms with Crippen molar-refractivity contribution in [2.75, 3.05) is 9.80 Å². The largest absolute Gasteiger partial charge is 0.456 e. The number of hydrogen-bond acceptors (Lipinski definition) is 4. The Labute approximate surface area is 500 Å². The normalized spacial score (nSPS) is 15.8. The third-order valence-corrected chi connectivity index (χ3v) is 19.4. The second kappa shape index (κ2) is 18.2. The summed E-state index contributed by atoms with van der Waals surface area (Å²) in [7, 11) is 0. The molecule has 87 heavy (non-hydrogen) atoms. The van der Waals surface area contributed by atoms with Gasteiger partial charge in [-0.05, 0) is 173 Å². The molecular formula is C83H52N2O2. The van der Waals surface area contributed by atoms with E-state index in [1.54, 1.807) is 0 Å². The first-order chi connectivity index (χ1) is 43.0. The summed E-state index contributed by atoms with van der Waals surface area (Å²) in [6, 6.07) is 96.0. The van der Waals surface area contributed by atoms with Gasteiger partial charge in [0.1, 0.15) is 22.3 Å². The van der Waals surface area contributed by atoms with Crippen molar-refractivity contribution >= 4 is 165 Å². The summed E-state index contributed by atoms with van der Waals surface area (Å²) in [6.07, 6.45) is 11.7. The molecule has 0 radical (unpaired) electrons. The van der Waals surface area contributed by atoms with Gasteiger partial charge in [-0.3, -0.25) is 0 Å². The summed E-state index contributed by atoms with van der Waals surface area (Å²) in [5.41, 5.74) is 12.3. The fourth-order valence-electron chi connectivity index (χ4n) is 15.2. The molecule has 4 heteroatoms. The van der Waals surface area contributed by atoms with Crippen LogP contribution in [0, 0.1) is 5.41 Å². The van der Waals surface area contributed by atoms with Crippen molar-refractivity contribution in [1.82, 2.24) is 0 Å². The van der Waals surface area contributed by atoms with Crippen LogP contribution in [0.5, 0.6) is 0 Å². The molecule has 17 aromatic rings. The number of rotatable bonds is 6. The van der Waals surface area contributed by atoms with Crippen LogP contribution in [0.4, 0.5) is 28.4 Å². The number of allylic oxidation sites excluding steroid dienone is 4. The molecule has 0 N–H and O–H groups in total. The van der Waals surface area contributed by atoms with E-state index in [0.717, 1.165) is 93.9 Å². The molecule has 0 saturated carbocycles. The van der Waals surface area contributed by atoms with Gasteiger partial charge in [-0.2, -0.15) is 0 Å². The van der Waals surface area contributed by atoms with E-state index < -0.39 is 0 Å². The molecule has 2 aliphatic rings. The lowest BCUT2D eigenvalue weighted by Crippen LogP contribution is -2.36. The molecule has 0 amide bonds. The lowest BCUT2D eigenvalue weighted by molar-refractivity contribution is 0.441. The Morgan fingerprint density at radius 2 is 0.839 bits per heavy atom. The molecule has 0 bridgehead atoms. The van der Waals surface area contributed by atoms with E-state index in [9.17, 15) is 0 Å². The van der Waals surface area contributed by atoms with Crippen molar-refractivity contribution in [3.05, 3.63) is 302 Å². The van der Waals surface area contributed by atoms with E-state index in [-0.39, 0.29) is 11.3 Å². The maximum Gasteiger partial charge on any atom is 0.147 e. The minimum absolute atomic E-state index is 0.161. The van der Waals surface area contributed by atoms with E-state index >= 15 is 0 Å². The maximum absolute atomic E-state index is 7.13. The zero-order valence-electron chi connectivity index (χ0n) is 47.5. The molecule has 0 fully saturated rings. The Hall–Kier alpha value is -11.2. The van der Waals surface area contributed by atoms with E-state index in [1.807, 2.05) is 0 Å². The monoisotopic (exact) mass is 1110 g/mol. The Morgan fingerprint density at radius 3 is 1.45 bits per heavy atom. The van der Waals surface area contributed by atoms with Crippen LogP contribution in [-0.4, -0.2) is 0 Å². The molecule has 406 valence electrons. The Morgan fingerprint density at radius 1 is 0.345 bits per heavy atom. The number of anilines is 5. The van der Waals surface area contributed by atoms with Crippen molar-refractivity contribution < 1.29 is 8.83 Å². The highest BCUT2D eigenvalue weighted by molar-refractivity contribution is 6.25. The van der Waals surface area contributed by atoms with Gasteiger partial charge in [-0.1, -0.05) is 206 Å². The quantitative estimate of drug-likeness (QED) is 0.155. The van der Waals surface area contributed by atoms with Crippen LogP contribution in [0.1, 0.15) is 24.0 Å². The fraction of sp³-hybridized carbons (Fsp3) is 0.0361. The zero-order chi connectivity index (χ0) is 57.1. The van der Waals surface area contributed by atoms with Gasteiger partial charge in [0, 0.05) is 60.7 Å². The van der Waals surface area contributed by atoms with Gasteiger partial charge in [0.25, 0.3) is 0 Å². The van der Waals surface area contributed by atoms with Gasteiger partial charge in [0.15, 0.2) is 0 Å². The molecule has 4 nitrogen and oxygen atoms in total. The second-order valence-corrected chi connectivity index (χ2v) is 24.1. The minimum atomic E-state index is -0.340. The van der Waals surface area contributed by atoms with Crippen LogP contribution in [0.2, 0.25) is 0 Å². The van der Waals surface area contributed by atoms with E-state index in [1.165, 1.54) is 81.5 Å². The molecule has 0 saturated heterocycles. The fourth-order valence-corrected chi connectivity index (χ4v) is 15.2. The van der Waals surface area contributed by atoms with Crippen molar-refractivity contribution in [3.63, 3.8) is 0 Å². The topological polar surface area (TPSA) is 32.8 Å². The van der Waals surface area contributed by atoms with Crippen molar-refractivity contribution in [3.8, 4) is 0 Å². The van der Waals surface area contributed by atoms with Gasteiger partial charge in [-0.25, -0.2) is 0 Å². The van der Waals surface area contributed by atoms with Crippen molar-refractivity contribution in [1.29, 1.82) is 0 Å². The molecular weight excluding hydrogens is 1060 g/mol. The SMILES string of the molecule is CC12C=Cc3ccccc3C1C=CC=C2N(c1ccc2cc3c(cc2c1)oc1c3ccc2oc3cc4cc(N(c5cccc6c5ccc5ccccc56)c5cccc6c5ccc5ccccc56)ccc4cc3c21)c1cccc2c1ccc1ccccc12. The molecule has 2 atom stereocenters. The molecule has 2 heterocycles. The van der Waals surface area contributed by atoms with Gasteiger partial charge in [0.2, 0.25) is 0 Å². The summed E-state index contributed by atoms with van der Waals surface area (Å²) in [5.74, 6) is 0.161. The number of benzene rings is 15. The molecule has 19 rings (SSSR count). The van der Waals surface area contributed by atoms with E-state index in [2.05, 4.69) is 308 Å². The average Bonchev–Trinajstić information content (AvgIpc) is 1.88. The number of furan rings is 2. The van der Waals surface area contributed by atoms with E-state index in [0.29, 0.717) is 0 Å². The first-order valence-electron chi connectivity index (χ1n) is 30.2. The first kappa shape index (κ1) is 48.2. The predicted molar refractivity (Wildman–Crippen MR) is 368 cm³/mol. The lowest BCUT2D eigenvalue weighted by Gasteiger charge is -2.46. The van der Waals surface area contributed by atoms with Gasteiger partial charge < -0.3 is 18.6 Å². The summed E-state index contributed by atoms with van der Waals surface area (Å²) in [4.78, 5) is 4.98. The molecule has 2 aliphatic carbocycles. The Balaban J connectivity index is 0.758. The predicted octanol–water partition coefficient (Wildman–Crippen LogP) is 23.6. The summed E-state index contributed by atoms with van der Waals surface area (Å²) < 4.78 is 14.0.